The van der Waals surface area contributed by atoms with Gasteiger partial charge in [-0.2, -0.15) is 28.8 Å². The molecule has 0 amide bonds. The van der Waals surface area contributed by atoms with E-state index in [0.29, 0.717) is 12.3 Å². The van der Waals surface area contributed by atoms with Crippen LogP contribution in [-0.4, -0.2) is 20.4 Å². The number of sulfone groups is 1. The Kier molecular flexibility index (Phi) is 4.55. The summed E-state index contributed by atoms with van der Waals surface area (Å²) >= 11 is 0. The summed E-state index contributed by atoms with van der Waals surface area (Å²) in [6.07, 6.45) is -4.22. The van der Waals surface area contributed by atoms with Crippen LogP contribution in [0.2, 0.25) is 0 Å². The molecule has 0 saturated heterocycles. The second kappa shape index (κ2) is 5.81. The summed E-state index contributed by atoms with van der Waals surface area (Å²) in [7, 11) is -4.06. The van der Waals surface area contributed by atoms with Crippen molar-refractivity contribution >= 4 is 21.2 Å². The highest BCUT2D eigenvalue weighted by Gasteiger charge is 2.36. The third kappa shape index (κ3) is 4.19. The average molecular weight is 316 g/mol. The number of hydrogen-bond donors (Lipinski definition) is 1. The molecular formula is C11H7F3N4O2S. The molecule has 1 aromatic carbocycles. The third-order valence-corrected chi connectivity index (χ3v) is 3.35. The second-order valence-electron chi connectivity index (χ2n) is 3.78. The van der Waals surface area contributed by atoms with Crippen molar-refractivity contribution in [2.45, 2.75) is 11.1 Å². The van der Waals surface area contributed by atoms with E-state index in [2.05, 4.69) is 10.5 Å². The smallest absolute Gasteiger partial charge is 0.276 e. The largest absolute Gasteiger partial charge is 0.417 e. The molecule has 0 radical (unpaired) electrons. The van der Waals surface area contributed by atoms with Gasteiger partial charge in [0.05, 0.1) is 16.1 Å². The van der Waals surface area contributed by atoms with Gasteiger partial charge in [0.25, 0.3) is 0 Å². The first-order valence-corrected chi connectivity index (χ1v) is 7.04. The van der Waals surface area contributed by atoms with Crippen LogP contribution in [-0.2, 0) is 16.0 Å². The van der Waals surface area contributed by atoms with Gasteiger partial charge in [0, 0.05) is 6.26 Å². The Bertz CT molecular complexity index is 754. The van der Waals surface area contributed by atoms with Gasteiger partial charge in [-0.1, -0.05) is 0 Å². The van der Waals surface area contributed by atoms with E-state index in [1.165, 1.54) is 12.1 Å². The molecule has 0 saturated carbocycles. The highest BCUT2D eigenvalue weighted by molar-refractivity contribution is 7.90. The predicted octanol–water partition coefficient (Wildman–Crippen LogP) is 1.92. The second-order valence-corrected chi connectivity index (χ2v) is 5.76. The number of nitriles is 2. The number of hydrogen-bond acceptors (Lipinski definition) is 6. The minimum Gasteiger partial charge on any atom is -0.276 e. The molecule has 0 unspecified atom stereocenters. The Morgan fingerprint density at radius 2 is 1.86 bits per heavy atom. The number of nitrogens with one attached hydrogen (secondary N) is 1. The monoisotopic (exact) mass is 316 g/mol. The minimum absolute atomic E-state index is 0.210. The average Bonchev–Trinajstić information content (AvgIpc) is 2.37. The van der Waals surface area contributed by atoms with Gasteiger partial charge in [-0.05, 0) is 18.2 Å². The van der Waals surface area contributed by atoms with Crippen LogP contribution in [0.4, 0.5) is 18.9 Å². The zero-order valence-corrected chi connectivity index (χ0v) is 11.2. The van der Waals surface area contributed by atoms with E-state index >= 15 is 0 Å². The van der Waals surface area contributed by atoms with Crippen molar-refractivity contribution in [3.8, 4) is 12.1 Å². The van der Waals surface area contributed by atoms with E-state index in [4.69, 9.17) is 10.5 Å². The van der Waals surface area contributed by atoms with Gasteiger partial charge in [0.1, 0.15) is 12.1 Å². The van der Waals surface area contributed by atoms with Crippen molar-refractivity contribution in [2.24, 2.45) is 5.10 Å². The number of nitrogens with zero attached hydrogens (tertiary/aromatic N) is 3. The van der Waals surface area contributed by atoms with Crippen molar-refractivity contribution < 1.29 is 21.6 Å². The number of rotatable bonds is 3. The zero-order valence-electron chi connectivity index (χ0n) is 10.4. The lowest BCUT2D eigenvalue weighted by molar-refractivity contribution is -0.139. The van der Waals surface area contributed by atoms with Crippen molar-refractivity contribution in [3.05, 3.63) is 23.8 Å². The van der Waals surface area contributed by atoms with E-state index in [1.54, 1.807) is 0 Å². The lowest BCUT2D eigenvalue weighted by Gasteiger charge is -2.13. The summed E-state index contributed by atoms with van der Waals surface area (Å²) < 4.78 is 61.2. The normalized spacial score (nSPS) is 11.1. The van der Waals surface area contributed by atoms with Crippen LogP contribution in [0.3, 0.4) is 0 Å². The molecule has 0 aliphatic rings. The minimum atomic E-state index is -4.88. The first kappa shape index (κ1) is 16.5. The number of alkyl halides is 3. The maximum absolute atomic E-state index is 12.9. The SMILES string of the molecule is CS(=O)(=O)c1ccc(NN=C(C#N)C#N)cc1C(F)(F)F. The van der Waals surface area contributed by atoms with Crippen LogP contribution in [0.5, 0.6) is 0 Å². The van der Waals surface area contributed by atoms with Crippen molar-refractivity contribution in [3.63, 3.8) is 0 Å². The molecule has 0 fully saturated rings. The van der Waals surface area contributed by atoms with Gasteiger partial charge in [-0.3, -0.25) is 5.43 Å². The number of hydrazone groups is 1. The summed E-state index contributed by atoms with van der Waals surface area (Å²) in [6, 6.07) is 5.17. The molecule has 1 N–H and O–H groups in total. The summed E-state index contributed by atoms with van der Waals surface area (Å²) in [5, 5.41) is 20.1. The molecule has 0 aliphatic heterocycles. The van der Waals surface area contributed by atoms with Crippen molar-refractivity contribution in [1.82, 2.24) is 0 Å². The van der Waals surface area contributed by atoms with Gasteiger partial charge < -0.3 is 0 Å². The van der Waals surface area contributed by atoms with E-state index in [1.807, 2.05) is 0 Å². The van der Waals surface area contributed by atoms with Gasteiger partial charge in [0.15, 0.2) is 9.84 Å². The highest BCUT2D eigenvalue weighted by atomic mass is 32.2. The Labute approximate surface area is 118 Å². The van der Waals surface area contributed by atoms with Crippen LogP contribution in [0.1, 0.15) is 5.56 Å². The van der Waals surface area contributed by atoms with E-state index in [9.17, 15) is 21.6 Å². The molecule has 0 aromatic heterocycles. The van der Waals surface area contributed by atoms with Gasteiger partial charge in [-0.15, -0.1) is 0 Å². The third-order valence-electron chi connectivity index (χ3n) is 2.19. The molecule has 1 rings (SSSR count). The molecule has 0 atom stereocenters. The van der Waals surface area contributed by atoms with Crippen LogP contribution < -0.4 is 5.43 Å². The topological polar surface area (TPSA) is 106 Å². The number of benzene rings is 1. The summed E-state index contributed by atoms with van der Waals surface area (Å²) in [6.45, 7) is 0. The Morgan fingerprint density at radius 1 is 1.29 bits per heavy atom. The number of halogens is 3. The Balaban J connectivity index is 3.35. The Morgan fingerprint density at radius 3 is 2.29 bits per heavy atom. The molecule has 110 valence electrons. The van der Waals surface area contributed by atoms with E-state index in [0.717, 1.165) is 12.1 Å². The van der Waals surface area contributed by atoms with Crippen molar-refractivity contribution in [2.75, 3.05) is 11.7 Å². The lowest BCUT2D eigenvalue weighted by Crippen LogP contribution is -2.13. The van der Waals surface area contributed by atoms with Crippen molar-refractivity contribution in [1.29, 1.82) is 10.5 Å². The van der Waals surface area contributed by atoms with Crippen LogP contribution >= 0.6 is 0 Å². The number of anilines is 1. The molecule has 0 heterocycles. The molecule has 6 nitrogen and oxygen atoms in total. The highest BCUT2D eigenvalue weighted by Crippen LogP contribution is 2.35. The summed E-state index contributed by atoms with van der Waals surface area (Å²) in [4.78, 5) is -0.870. The summed E-state index contributed by atoms with van der Waals surface area (Å²) in [5.41, 5.74) is -0.0723. The summed E-state index contributed by atoms with van der Waals surface area (Å²) in [5.74, 6) is 0. The molecule has 21 heavy (non-hydrogen) atoms. The quantitative estimate of drug-likeness (QED) is 0.677. The molecule has 0 bridgehead atoms. The van der Waals surface area contributed by atoms with Crippen LogP contribution in [0, 0.1) is 22.7 Å². The maximum atomic E-state index is 12.9. The Hall–Kier alpha value is -2.59. The fraction of sp³-hybridized carbons (Fsp3) is 0.182. The first-order valence-electron chi connectivity index (χ1n) is 5.15. The lowest BCUT2D eigenvalue weighted by atomic mass is 10.2. The predicted molar refractivity (Wildman–Crippen MR) is 66.8 cm³/mol. The van der Waals surface area contributed by atoms with Gasteiger partial charge in [-0.25, -0.2) is 8.42 Å². The van der Waals surface area contributed by atoms with Gasteiger partial charge in [0.2, 0.25) is 5.71 Å². The molecular weight excluding hydrogens is 309 g/mol. The fourth-order valence-corrected chi connectivity index (χ4v) is 2.23. The molecule has 0 spiro atoms. The molecule has 10 heteroatoms. The van der Waals surface area contributed by atoms with E-state index in [-0.39, 0.29) is 5.69 Å². The maximum Gasteiger partial charge on any atom is 0.417 e. The van der Waals surface area contributed by atoms with Crippen LogP contribution in [0.15, 0.2) is 28.2 Å². The molecule has 0 aliphatic carbocycles. The molecule has 1 aromatic rings. The fourth-order valence-electron chi connectivity index (χ4n) is 1.34. The van der Waals surface area contributed by atoms with Gasteiger partial charge >= 0.3 is 6.18 Å². The first-order chi connectivity index (χ1) is 9.59. The standard InChI is InChI=1S/C11H7F3N4O2S/c1-21(19,20)10-3-2-7(4-9(10)11(12,13)14)17-18-8(5-15)6-16/h2-4,17H,1H3. The zero-order chi connectivity index (χ0) is 16.3. The van der Waals surface area contributed by atoms with Crippen LogP contribution in [0.25, 0.3) is 0 Å². The van der Waals surface area contributed by atoms with E-state index < -0.39 is 32.2 Å².